The maximum atomic E-state index is 5.35. The zero-order valence-corrected chi connectivity index (χ0v) is 11.4. The van der Waals surface area contributed by atoms with E-state index >= 15 is 0 Å². The first kappa shape index (κ1) is 14.3. The maximum Gasteiger partial charge on any atom is 0.500 e. The summed E-state index contributed by atoms with van der Waals surface area (Å²) in [4.78, 5) is 0. The molecule has 0 fully saturated rings. The van der Waals surface area contributed by atoms with E-state index in [1.165, 1.54) is 11.8 Å². The second kappa shape index (κ2) is 7.61. The molecular formula is C7H17NO3S2Si. The van der Waals surface area contributed by atoms with Crippen LogP contribution in [-0.4, -0.2) is 40.2 Å². The molecule has 0 aromatic rings. The lowest BCUT2D eigenvalue weighted by Crippen LogP contribution is -2.42. The van der Waals surface area contributed by atoms with Gasteiger partial charge in [0.2, 0.25) is 0 Å². The van der Waals surface area contributed by atoms with Gasteiger partial charge in [0.1, 0.15) is 4.32 Å². The molecule has 0 aliphatic heterocycles. The van der Waals surface area contributed by atoms with E-state index in [9.17, 15) is 0 Å². The minimum atomic E-state index is -2.39. The van der Waals surface area contributed by atoms with E-state index in [-0.39, 0.29) is 0 Å². The number of hydrogen-bond acceptors (Lipinski definition) is 5. The van der Waals surface area contributed by atoms with Crippen molar-refractivity contribution >= 4 is 37.1 Å². The molecule has 0 amide bonds. The van der Waals surface area contributed by atoms with Gasteiger partial charge in [-0.3, -0.25) is 0 Å². The van der Waals surface area contributed by atoms with E-state index < -0.39 is 8.80 Å². The molecule has 0 radical (unpaired) electrons. The second-order valence-corrected chi connectivity index (χ2v) is 7.49. The normalized spacial score (nSPS) is 11.6. The zero-order chi connectivity index (χ0) is 11.0. The van der Waals surface area contributed by atoms with Crippen molar-refractivity contribution in [1.82, 2.24) is 0 Å². The highest BCUT2D eigenvalue weighted by Gasteiger charge is 2.36. The third-order valence-electron chi connectivity index (χ3n) is 1.80. The third kappa shape index (κ3) is 5.28. The smallest absolute Gasteiger partial charge is 0.385 e. The van der Waals surface area contributed by atoms with Crippen LogP contribution in [0, 0.1) is 0 Å². The molecule has 0 atom stereocenters. The fourth-order valence-corrected chi connectivity index (χ4v) is 3.74. The van der Waals surface area contributed by atoms with E-state index in [0.717, 1.165) is 18.2 Å². The van der Waals surface area contributed by atoms with Crippen LogP contribution in [0.25, 0.3) is 0 Å². The fraction of sp³-hybridized carbons (Fsp3) is 0.857. The Bertz CT molecular complexity index is 170. The third-order valence-corrected chi connectivity index (χ3v) is 5.77. The molecule has 4 nitrogen and oxygen atoms in total. The Hall–Kier alpha value is 0.337. The van der Waals surface area contributed by atoms with Gasteiger partial charge >= 0.3 is 8.80 Å². The van der Waals surface area contributed by atoms with Gasteiger partial charge < -0.3 is 19.0 Å². The molecule has 0 spiro atoms. The first-order valence-corrected chi connectivity index (χ1v) is 7.50. The summed E-state index contributed by atoms with van der Waals surface area (Å²) in [7, 11) is 2.45. The van der Waals surface area contributed by atoms with Crippen molar-refractivity contribution in [2.24, 2.45) is 5.73 Å². The maximum absolute atomic E-state index is 5.35. The van der Waals surface area contributed by atoms with Gasteiger partial charge in [-0.15, -0.1) is 0 Å². The number of thioether (sulfide) groups is 1. The predicted molar refractivity (Wildman–Crippen MR) is 65.4 cm³/mol. The van der Waals surface area contributed by atoms with Crippen molar-refractivity contribution in [3.63, 3.8) is 0 Å². The summed E-state index contributed by atoms with van der Waals surface area (Å²) in [5.41, 5.74) is 5.35. The molecule has 0 aromatic carbocycles. The van der Waals surface area contributed by atoms with E-state index in [4.69, 9.17) is 31.2 Å². The molecule has 84 valence electrons. The lowest BCUT2D eigenvalue weighted by atomic mass is 10.6. The first-order valence-electron chi connectivity index (χ1n) is 4.18. The van der Waals surface area contributed by atoms with E-state index in [2.05, 4.69) is 0 Å². The predicted octanol–water partition coefficient (Wildman–Crippen LogP) is 1.23. The molecule has 0 rings (SSSR count). The second-order valence-electron chi connectivity index (χ2n) is 2.57. The molecule has 0 unspecified atom stereocenters. The first-order chi connectivity index (χ1) is 6.60. The van der Waals surface area contributed by atoms with Crippen LogP contribution >= 0.6 is 24.0 Å². The van der Waals surface area contributed by atoms with Crippen LogP contribution in [-0.2, 0) is 13.3 Å². The molecule has 2 N–H and O–H groups in total. The average Bonchev–Trinajstić information content (AvgIpc) is 2.19. The Balaban J connectivity index is 3.77. The summed E-state index contributed by atoms with van der Waals surface area (Å²) < 4.78 is 16.3. The fourth-order valence-electron chi connectivity index (χ4n) is 1.02. The van der Waals surface area contributed by atoms with Crippen LogP contribution in [0.15, 0.2) is 0 Å². The van der Waals surface area contributed by atoms with Gasteiger partial charge in [-0.2, -0.15) is 0 Å². The van der Waals surface area contributed by atoms with Crippen LogP contribution in [0.1, 0.15) is 6.42 Å². The standard InChI is InChI=1S/C7H17NO3S2Si/c1-9-14(10-2,11-3)6-4-5-13-7(8)12/h4-6H2,1-3H3,(H2,8,12). The molecule has 0 heterocycles. The van der Waals surface area contributed by atoms with Crippen molar-refractivity contribution in [1.29, 1.82) is 0 Å². The molecule has 0 aromatic heterocycles. The lowest BCUT2D eigenvalue weighted by molar-refractivity contribution is 0.123. The molecule has 0 saturated heterocycles. The number of thiocarbonyl (C=S) groups is 1. The Kier molecular flexibility index (Phi) is 7.79. The molecule has 0 aliphatic carbocycles. The average molecular weight is 255 g/mol. The topological polar surface area (TPSA) is 53.7 Å². The van der Waals surface area contributed by atoms with E-state index in [1.54, 1.807) is 21.3 Å². The monoisotopic (exact) mass is 255 g/mol. The summed E-state index contributed by atoms with van der Waals surface area (Å²) in [5.74, 6) is 0.875. The van der Waals surface area contributed by atoms with Crippen molar-refractivity contribution in [3.05, 3.63) is 0 Å². The Morgan fingerprint density at radius 3 is 2.14 bits per heavy atom. The van der Waals surface area contributed by atoms with Gasteiger partial charge in [0.15, 0.2) is 0 Å². The van der Waals surface area contributed by atoms with Gasteiger partial charge in [0.25, 0.3) is 0 Å². The highest BCUT2D eigenvalue weighted by atomic mass is 32.2. The lowest BCUT2D eigenvalue weighted by Gasteiger charge is -2.23. The van der Waals surface area contributed by atoms with Crippen LogP contribution in [0.4, 0.5) is 0 Å². The van der Waals surface area contributed by atoms with Crippen molar-refractivity contribution < 1.29 is 13.3 Å². The van der Waals surface area contributed by atoms with Crippen LogP contribution in [0.3, 0.4) is 0 Å². The minimum Gasteiger partial charge on any atom is -0.385 e. The SMILES string of the molecule is CO[Si](CCCSC(N)=S)(OC)OC. The molecule has 14 heavy (non-hydrogen) atoms. The Morgan fingerprint density at radius 2 is 1.79 bits per heavy atom. The van der Waals surface area contributed by atoms with Gasteiger partial charge in [-0.25, -0.2) is 0 Å². The van der Waals surface area contributed by atoms with Crippen LogP contribution in [0.5, 0.6) is 0 Å². The van der Waals surface area contributed by atoms with Crippen molar-refractivity contribution in [2.75, 3.05) is 27.1 Å². The van der Waals surface area contributed by atoms with Crippen molar-refractivity contribution in [2.45, 2.75) is 12.5 Å². The molecule has 0 bridgehead atoms. The summed E-state index contributed by atoms with van der Waals surface area (Å²) >= 11 is 6.21. The van der Waals surface area contributed by atoms with Crippen LogP contribution < -0.4 is 5.73 Å². The van der Waals surface area contributed by atoms with Crippen molar-refractivity contribution in [3.8, 4) is 0 Å². The van der Waals surface area contributed by atoms with Gasteiger partial charge in [-0.1, -0.05) is 24.0 Å². The van der Waals surface area contributed by atoms with E-state index in [0.29, 0.717) is 4.32 Å². The van der Waals surface area contributed by atoms with E-state index in [1.807, 2.05) is 0 Å². The number of hydrogen-bond donors (Lipinski definition) is 1. The zero-order valence-electron chi connectivity index (χ0n) is 8.74. The molecular weight excluding hydrogens is 238 g/mol. The highest BCUT2D eigenvalue weighted by Crippen LogP contribution is 2.17. The summed E-state index contributed by atoms with van der Waals surface area (Å²) in [6.45, 7) is 0. The van der Waals surface area contributed by atoms with Gasteiger partial charge in [0.05, 0.1) is 0 Å². The minimum absolute atomic E-state index is 0.476. The van der Waals surface area contributed by atoms with Gasteiger partial charge in [-0.05, 0) is 6.42 Å². The van der Waals surface area contributed by atoms with Crippen LogP contribution in [0.2, 0.25) is 6.04 Å². The van der Waals surface area contributed by atoms with Gasteiger partial charge in [0, 0.05) is 33.1 Å². The molecule has 0 aliphatic rings. The largest absolute Gasteiger partial charge is 0.500 e. The Morgan fingerprint density at radius 1 is 1.29 bits per heavy atom. The summed E-state index contributed by atoms with van der Waals surface area (Å²) in [6, 6.07) is 0.784. The Labute approximate surface area is 95.8 Å². The summed E-state index contributed by atoms with van der Waals surface area (Å²) in [5, 5.41) is 0. The highest BCUT2D eigenvalue weighted by molar-refractivity contribution is 8.22. The quantitative estimate of drug-likeness (QED) is 0.419. The number of nitrogens with two attached hydrogens (primary N) is 1. The molecule has 7 heteroatoms. The number of rotatable bonds is 7. The summed E-state index contributed by atoms with van der Waals surface area (Å²) in [6.07, 6.45) is 0.920. The molecule has 0 saturated carbocycles.